The molecule has 1 fully saturated rings. The van der Waals surface area contributed by atoms with E-state index in [2.05, 4.69) is 5.32 Å². The predicted molar refractivity (Wildman–Crippen MR) is 59.9 cm³/mol. The van der Waals surface area contributed by atoms with Crippen LogP contribution in [-0.2, 0) is 0 Å². The predicted octanol–water partition coefficient (Wildman–Crippen LogP) is -0.715. The number of hydrogen-bond donors (Lipinski definition) is 4. The molecule has 4 atom stereocenters. The summed E-state index contributed by atoms with van der Waals surface area (Å²) in [5.41, 5.74) is 1.33. The van der Waals surface area contributed by atoms with Gasteiger partial charge in [-0.15, -0.1) is 0 Å². The van der Waals surface area contributed by atoms with Crippen LogP contribution in [0, 0.1) is 11.3 Å². The lowest BCUT2D eigenvalue weighted by Gasteiger charge is -2.16. The van der Waals surface area contributed by atoms with Crippen LogP contribution in [0.15, 0.2) is 24.3 Å². The molecular weight excluding hydrogens is 220 g/mol. The van der Waals surface area contributed by atoms with Gasteiger partial charge in [0.25, 0.3) is 0 Å². The fourth-order valence-electron chi connectivity index (χ4n) is 2.08. The van der Waals surface area contributed by atoms with Gasteiger partial charge >= 0.3 is 0 Å². The summed E-state index contributed by atoms with van der Waals surface area (Å²) in [6.45, 7) is -0.231. The van der Waals surface area contributed by atoms with Crippen molar-refractivity contribution in [2.45, 2.75) is 24.3 Å². The minimum atomic E-state index is -0.986. The van der Waals surface area contributed by atoms with Crippen molar-refractivity contribution in [2.24, 2.45) is 0 Å². The summed E-state index contributed by atoms with van der Waals surface area (Å²) in [5, 5.41) is 40.2. The average molecular weight is 234 g/mol. The molecule has 4 N–H and O–H groups in total. The number of benzene rings is 1. The molecule has 1 heterocycles. The SMILES string of the molecule is N#Cc1ccc(C2NC(CO)C(O)C2O)cc1. The number of nitriles is 1. The quantitative estimate of drug-likeness (QED) is 0.542. The normalized spacial score (nSPS) is 32.4. The third-order valence-electron chi connectivity index (χ3n) is 3.09. The highest BCUT2D eigenvalue weighted by Crippen LogP contribution is 2.27. The van der Waals surface area contributed by atoms with Gasteiger partial charge in [-0.2, -0.15) is 5.26 Å². The molecule has 1 aromatic carbocycles. The van der Waals surface area contributed by atoms with Crippen molar-refractivity contribution in [1.29, 1.82) is 5.26 Å². The van der Waals surface area contributed by atoms with E-state index < -0.39 is 24.3 Å². The molecule has 5 heteroatoms. The number of nitrogens with zero attached hydrogens (tertiary/aromatic N) is 1. The Morgan fingerprint density at radius 2 is 1.82 bits per heavy atom. The first-order valence-corrected chi connectivity index (χ1v) is 5.40. The minimum absolute atomic E-state index is 0.231. The highest BCUT2D eigenvalue weighted by Gasteiger charge is 2.41. The first kappa shape index (κ1) is 12.0. The van der Waals surface area contributed by atoms with Gasteiger partial charge in [0.1, 0.15) is 6.10 Å². The van der Waals surface area contributed by atoms with Gasteiger partial charge in [0.2, 0.25) is 0 Å². The molecular formula is C12H14N2O3. The molecule has 0 aromatic heterocycles. The van der Waals surface area contributed by atoms with E-state index in [1.165, 1.54) is 0 Å². The Labute approximate surface area is 98.9 Å². The summed E-state index contributed by atoms with van der Waals surface area (Å²) in [6.07, 6.45) is -1.94. The lowest BCUT2D eigenvalue weighted by Crippen LogP contribution is -2.35. The molecule has 0 amide bonds. The zero-order chi connectivity index (χ0) is 12.4. The van der Waals surface area contributed by atoms with Crippen molar-refractivity contribution < 1.29 is 15.3 Å². The van der Waals surface area contributed by atoms with Crippen molar-refractivity contribution in [2.75, 3.05) is 6.61 Å². The van der Waals surface area contributed by atoms with Gasteiger partial charge in [-0.05, 0) is 17.7 Å². The molecule has 0 saturated carbocycles. The molecule has 0 bridgehead atoms. The van der Waals surface area contributed by atoms with Gasteiger partial charge in [0.15, 0.2) is 0 Å². The van der Waals surface area contributed by atoms with E-state index >= 15 is 0 Å². The molecule has 90 valence electrons. The average Bonchev–Trinajstić information content (AvgIpc) is 2.66. The van der Waals surface area contributed by atoms with Crippen LogP contribution < -0.4 is 5.32 Å². The Bertz CT molecular complexity index is 426. The van der Waals surface area contributed by atoms with Crippen LogP contribution in [-0.4, -0.2) is 40.2 Å². The van der Waals surface area contributed by atoms with Gasteiger partial charge in [-0.25, -0.2) is 0 Å². The maximum Gasteiger partial charge on any atom is 0.101 e. The number of rotatable bonds is 2. The molecule has 4 unspecified atom stereocenters. The van der Waals surface area contributed by atoms with E-state index in [0.717, 1.165) is 5.56 Å². The molecule has 2 rings (SSSR count). The third kappa shape index (κ3) is 2.16. The molecule has 1 aliphatic heterocycles. The molecule has 0 radical (unpaired) electrons. The first-order chi connectivity index (χ1) is 8.17. The summed E-state index contributed by atoms with van der Waals surface area (Å²) in [6, 6.07) is 7.83. The summed E-state index contributed by atoms with van der Waals surface area (Å²) >= 11 is 0. The van der Waals surface area contributed by atoms with Crippen LogP contribution in [0.25, 0.3) is 0 Å². The number of nitrogens with one attached hydrogen (secondary N) is 1. The van der Waals surface area contributed by atoms with Crippen molar-refractivity contribution in [1.82, 2.24) is 5.32 Å². The molecule has 0 aliphatic carbocycles. The Morgan fingerprint density at radius 3 is 2.29 bits per heavy atom. The van der Waals surface area contributed by atoms with Gasteiger partial charge in [-0.1, -0.05) is 12.1 Å². The fraction of sp³-hybridized carbons (Fsp3) is 0.417. The van der Waals surface area contributed by atoms with Crippen molar-refractivity contribution in [3.63, 3.8) is 0 Å². The van der Waals surface area contributed by atoms with Crippen LogP contribution in [0.2, 0.25) is 0 Å². The van der Waals surface area contributed by atoms with Crippen LogP contribution in [0.5, 0.6) is 0 Å². The van der Waals surface area contributed by atoms with Crippen LogP contribution >= 0.6 is 0 Å². The number of aliphatic hydroxyl groups excluding tert-OH is 3. The van der Waals surface area contributed by atoms with E-state index in [1.54, 1.807) is 24.3 Å². The lowest BCUT2D eigenvalue weighted by molar-refractivity contribution is 0.0194. The molecule has 5 nitrogen and oxygen atoms in total. The lowest BCUT2D eigenvalue weighted by atomic mass is 10.0. The molecule has 17 heavy (non-hydrogen) atoms. The maximum atomic E-state index is 9.85. The second-order valence-electron chi connectivity index (χ2n) is 4.15. The second kappa shape index (κ2) is 4.82. The highest BCUT2D eigenvalue weighted by molar-refractivity contribution is 5.34. The third-order valence-corrected chi connectivity index (χ3v) is 3.09. The summed E-state index contributed by atoms with van der Waals surface area (Å²) in [4.78, 5) is 0. The van der Waals surface area contributed by atoms with Crippen LogP contribution in [0.3, 0.4) is 0 Å². The molecule has 1 saturated heterocycles. The Morgan fingerprint density at radius 1 is 1.18 bits per heavy atom. The Balaban J connectivity index is 2.20. The van der Waals surface area contributed by atoms with Gasteiger partial charge < -0.3 is 20.6 Å². The van der Waals surface area contributed by atoms with Crippen LogP contribution in [0.4, 0.5) is 0 Å². The maximum absolute atomic E-state index is 9.85. The first-order valence-electron chi connectivity index (χ1n) is 5.40. The smallest absolute Gasteiger partial charge is 0.101 e. The number of hydrogen-bond acceptors (Lipinski definition) is 5. The fourth-order valence-corrected chi connectivity index (χ4v) is 2.08. The van der Waals surface area contributed by atoms with Gasteiger partial charge in [-0.3, -0.25) is 0 Å². The summed E-state index contributed by atoms with van der Waals surface area (Å²) in [7, 11) is 0. The largest absolute Gasteiger partial charge is 0.395 e. The van der Waals surface area contributed by atoms with E-state index in [4.69, 9.17) is 10.4 Å². The number of aliphatic hydroxyl groups is 3. The van der Waals surface area contributed by atoms with E-state index in [-0.39, 0.29) is 6.61 Å². The van der Waals surface area contributed by atoms with Gasteiger partial charge in [0, 0.05) is 0 Å². The Kier molecular flexibility index (Phi) is 3.41. The van der Waals surface area contributed by atoms with Crippen LogP contribution in [0.1, 0.15) is 17.2 Å². The monoisotopic (exact) mass is 234 g/mol. The molecule has 1 aliphatic rings. The summed E-state index contributed by atoms with van der Waals surface area (Å²) in [5.74, 6) is 0. The minimum Gasteiger partial charge on any atom is -0.395 e. The van der Waals surface area contributed by atoms with E-state index in [0.29, 0.717) is 5.56 Å². The zero-order valence-electron chi connectivity index (χ0n) is 9.11. The van der Waals surface area contributed by atoms with Crippen molar-refractivity contribution >= 4 is 0 Å². The van der Waals surface area contributed by atoms with Gasteiger partial charge in [0.05, 0.1) is 36.4 Å². The topological polar surface area (TPSA) is 96.5 Å². The molecule has 1 aromatic rings. The van der Waals surface area contributed by atoms with Crippen molar-refractivity contribution in [3.05, 3.63) is 35.4 Å². The van der Waals surface area contributed by atoms with E-state index in [1.807, 2.05) is 6.07 Å². The Hall–Kier alpha value is -1.45. The zero-order valence-corrected chi connectivity index (χ0v) is 9.11. The highest BCUT2D eigenvalue weighted by atomic mass is 16.3. The standard InChI is InChI=1S/C12H14N2O3/c13-5-7-1-3-8(4-2-7)10-12(17)11(16)9(6-15)14-10/h1-4,9-12,14-17H,6H2. The van der Waals surface area contributed by atoms with E-state index in [9.17, 15) is 10.2 Å². The summed E-state index contributed by atoms with van der Waals surface area (Å²) < 4.78 is 0. The second-order valence-corrected chi connectivity index (χ2v) is 4.15. The van der Waals surface area contributed by atoms with Crippen molar-refractivity contribution in [3.8, 4) is 6.07 Å². The molecule has 0 spiro atoms.